The van der Waals surface area contributed by atoms with E-state index in [-0.39, 0.29) is 12.5 Å². The van der Waals surface area contributed by atoms with Crippen molar-refractivity contribution >= 4 is 29.1 Å². The van der Waals surface area contributed by atoms with E-state index in [1.165, 1.54) is 11.1 Å². The fourth-order valence-electron chi connectivity index (χ4n) is 2.82. The highest BCUT2D eigenvalue weighted by Gasteiger charge is 2.19. The number of nitrogens with one attached hydrogen (secondary N) is 1. The Morgan fingerprint density at radius 2 is 1.77 bits per heavy atom. The van der Waals surface area contributed by atoms with Crippen molar-refractivity contribution in [2.75, 3.05) is 13.2 Å². The van der Waals surface area contributed by atoms with Gasteiger partial charge in [0.25, 0.3) is 5.91 Å². The molecule has 1 N–H and O–H groups in total. The summed E-state index contributed by atoms with van der Waals surface area (Å²) in [5.74, 6) is 0.451. The maximum Gasteiger partial charge on any atom is 0.257 e. The monoisotopic (exact) mass is 390 g/mol. The van der Waals surface area contributed by atoms with E-state index in [0.29, 0.717) is 23.7 Å². The molecule has 0 radical (unpaired) electrons. The molecule has 0 fully saturated rings. The zero-order valence-corrected chi connectivity index (χ0v) is 15.8. The van der Waals surface area contributed by atoms with Crippen LogP contribution < -0.4 is 10.1 Å². The number of carbonyl (C=O) groups excluding carboxylic acids is 1. The number of benzene rings is 2. The van der Waals surface area contributed by atoms with Crippen molar-refractivity contribution in [3.05, 3.63) is 75.9 Å². The summed E-state index contributed by atoms with van der Waals surface area (Å²) < 4.78 is 5.42. The Bertz CT molecular complexity index is 806. The number of nitrogens with zero attached hydrogens (tertiary/aromatic N) is 1. The fourth-order valence-corrected chi connectivity index (χ4v) is 3.14. The highest BCUT2D eigenvalue weighted by atomic mass is 35.5. The molecular formula is C20H20Cl2N2O2. The van der Waals surface area contributed by atoms with Crippen LogP contribution in [0.15, 0.2) is 54.7 Å². The highest BCUT2D eigenvalue weighted by Crippen LogP contribution is 2.28. The first kappa shape index (κ1) is 18.6. The first-order valence-electron chi connectivity index (χ1n) is 8.36. The molecule has 1 heterocycles. The normalized spacial score (nSPS) is 12.6. The van der Waals surface area contributed by atoms with Crippen molar-refractivity contribution in [1.82, 2.24) is 10.2 Å². The molecule has 0 atom stereocenters. The van der Waals surface area contributed by atoms with Gasteiger partial charge in [0, 0.05) is 41.8 Å². The average molecular weight is 391 g/mol. The summed E-state index contributed by atoms with van der Waals surface area (Å²) in [6, 6.07) is 12.9. The van der Waals surface area contributed by atoms with Crippen molar-refractivity contribution in [2.24, 2.45) is 0 Å². The summed E-state index contributed by atoms with van der Waals surface area (Å²) in [6.45, 7) is 6.28. The molecule has 0 saturated carbocycles. The molecule has 2 aromatic carbocycles. The van der Waals surface area contributed by atoms with E-state index in [0.717, 1.165) is 23.8 Å². The van der Waals surface area contributed by atoms with E-state index in [4.69, 9.17) is 27.9 Å². The zero-order valence-electron chi connectivity index (χ0n) is 14.3. The molecule has 26 heavy (non-hydrogen) atoms. The van der Waals surface area contributed by atoms with Crippen molar-refractivity contribution < 1.29 is 9.53 Å². The van der Waals surface area contributed by atoms with Crippen molar-refractivity contribution in [3.63, 3.8) is 0 Å². The van der Waals surface area contributed by atoms with Crippen LogP contribution in [0.3, 0.4) is 0 Å². The van der Waals surface area contributed by atoms with Gasteiger partial charge in [0.1, 0.15) is 5.75 Å². The quantitative estimate of drug-likeness (QED) is 0.761. The lowest BCUT2D eigenvalue weighted by Crippen LogP contribution is -2.30. The Balaban J connectivity index is 1.37. The molecule has 0 aliphatic carbocycles. The fraction of sp³-hybridized carbons (Fsp3) is 0.250. The number of fused-ring (bicyclic) bond motifs is 1. The van der Waals surface area contributed by atoms with Gasteiger partial charge in [-0.05, 0) is 47.5 Å². The molecule has 0 unspecified atom stereocenters. The van der Waals surface area contributed by atoms with E-state index >= 15 is 0 Å². The topological polar surface area (TPSA) is 41.6 Å². The second-order valence-corrected chi connectivity index (χ2v) is 7.05. The van der Waals surface area contributed by atoms with Crippen LogP contribution in [0, 0.1) is 0 Å². The van der Waals surface area contributed by atoms with Crippen LogP contribution in [0.1, 0.15) is 17.5 Å². The van der Waals surface area contributed by atoms with E-state index < -0.39 is 0 Å². The van der Waals surface area contributed by atoms with E-state index in [2.05, 4.69) is 22.9 Å². The first-order valence-corrected chi connectivity index (χ1v) is 9.12. The van der Waals surface area contributed by atoms with Gasteiger partial charge in [-0.25, -0.2) is 0 Å². The molecule has 2 aromatic rings. The third kappa shape index (κ3) is 4.93. The predicted octanol–water partition coefficient (Wildman–Crippen LogP) is 4.41. The molecule has 0 spiro atoms. The molecule has 3 rings (SSSR count). The molecule has 0 aromatic heterocycles. The molecule has 4 nitrogen and oxygen atoms in total. The summed E-state index contributed by atoms with van der Waals surface area (Å²) in [6.07, 6.45) is 0.689. The zero-order chi connectivity index (χ0) is 18.5. The van der Waals surface area contributed by atoms with Gasteiger partial charge in [-0.3, -0.25) is 4.79 Å². The van der Waals surface area contributed by atoms with Gasteiger partial charge >= 0.3 is 0 Å². The highest BCUT2D eigenvalue weighted by molar-refractivity contribution is 6.30. The number of hydrogen-bond donors (Lipinski definition) is 1. The minimum absolute atomic E-state index is 0.0260. The van der Waals surface area contributed by atoms with Gasteiger partial charge in [-0.15, -0.1) is 0 Å². The minimum Gasteiger partial charge on any atom is -0.484 e. The van der Waals surface area contributed by atoms with Gasteiger partial charge in [0.2, 0.25) is 0 Å². The summed E-state index contributed by atoms with van der Waals surface area (Å²) in [4.78, 5) is 14.1. The first-order chi connectivity index (χ1) is 12.5. The Kier molecular flexibility index (Phi) is 6.07. The number of carbonyl (C=O) groups is 1. The third-order valence-electron chi connectivity index (χ3n) is 4.26. The van der Waals surface area contributed by atoms with Gasteiger partial charge in [-0.1, -0.05) is 35.8 Å². The molecule has 136 valence electrons. The number of halogens is 2. The summed E-state index contributed by atoms with van der Waals surface area (Å²) in [5.41, 5.74) is 3.51. The number of hydrogen-bond acceptors (Lipinski definition) is 3. The lowest BCUT2D eigenvalue weighted by molar-refractivity contribution is -0.123. The number of rotatable bonds is 7. The van der Waals surface area contributed by atoms with Crippen molar-refractivity contribution in [3.8, 4) is 5.75 Å². The molecule has 6 heteroatoms. The molecule has 1 aliphatic heterocycles. The number of amides is 1. The van der Waals surface area contributed by atoms with Crippen LogP contribution in [-0.2, 0) is 17.9 Å². The molecule has 0 saturated heterocycles. The maximum atomic E-state index is 11.9. The van der Waals surface area contributed by atoms with Gasteiger partial charge in [0.15, 0.2) is 6.61 Å². The van der Waals surface area contributed by atoms with Gasteiger partial charge in [-0.2, -0.15) is 0 Å². The second kappa shape index (κ2) is 8.47. The average Bonchev–Trinajstić information content (AvgIpc) is 3.04. The molecular weight excluding hydrogens is 371 g/mol. The van der Waals surface area contributed by atoms with Crippen LogP contribution in [0.4, 0.5) is 0 Å². The Morgan fingerprint density at radius 1 is 1.08 bits per heavy atom. The van der Waals surface area contributed by atoms with Crippen molar-refractivity contribution in [1.29, 1.82) is 0 Å². The number of ether oxygens (including phenoxy) is 1. The largest absolute Gasteiger partial charge is 0.484 e. The Labute approximate surface area is 163 Å². The van der Waals surface area contributed by atoms with E-state index in [1.807, 2.05) is 12.1 Å². The minimum atomic E-state index is -0.163. The lowest BCUT2D eigenvalue weighted by Gasteiger charge is -2.20. The van der Waals surface area contributed by atoms with Crippen molar-refractivity contribution in [2.45, 2.75) is 19.5 Å². The van der Waals surface area contributed by atoms with Crippen LogP contribution >= 0.6 is 23.2 Å². The summed E-state index contributed by atoms with van der Waals surface area (Å²) >= 11 is 11.9. The second-order valence-electron chi connectivity index (χ2n) is 6.18. The van der Waals surface area contributed by atoms with Crippen LogP contribution in [0.5, 0.6) is 5.75 Å². The Morgan fingerprint density at radius 3 is 2.54 bits per heavy atom. The Hall–Kier alpha value is -2.17. The van der Waals surface area contributed by atoms with E-state index in [9.17, 15) is 4.79 Å². The molecule has 1 aliphatic rings. The SMILES string of the molecule is C=C(CCNC(=O)COc1ccc(Cl)cc1)N1Cc2ccc(Cl)cc2C1. The standard InChI is InChI=1S/C20H20Cl2N2O2/c1-14(24-11-15-2-3-18(22)10-16(15)12-24)8-9-23-20(25)13-26-19-6-4-17(21)5-7-19/h2-7,10H,1,8-9,11-13H2,(H,23,25). The predicted molar refractivity (Wildman–Crippen MR) is 104 cm³/mol. The molecule has 1 amide bonds. The molecule has 0 bridgehead atoms. The van der Waals surface area contributed by atoms with Crippen LogP contribution in [0.25, 0.3) is 0 Å². The van der Waals surface area contributed by atoms with Gasteiger partial charge < -0.3 is 15.0 Å². The van der Waals surface area contributed by atoms with E-state index in [1.54, 1.807) is 24.3 Å². The van der Waals surface area contributed by atoms with Gasteiger partial charge in [0.05, 0.1) is 0 Å². The summed E-state index contributed by atoms with van der Waals surface area (Å²) in [5, 5.41) is 4.24. The van der Waals surface area contributed by atoms with Crippen LogP contribution in [0.2, 0.25) is 10.0 Å². The summed E-state index contributed by atoms with van der Waals surface area (Å²) in [7, 11) is 0. The lowest BCUT2D eigenvalue weighted by atomic mass is 10.1. The smallest absolute Gasteiger partial charge is 0.257 e. The third-order valence-corrected chi connectivity index (χ3v) is 4.74. The van der Waals surface area contributed by atoms with Crippen LogP contribution in [-0.4, -0.2) is 24.0 Å². The maximum absolute atomic E-state index is 11.9.